The second kappa shape index (κ2) is 7.55. The Morgan fingerprint density at radius 1 is 1.45 bits per heavy atom. The number of hydrogen-bond acceptors (Lipinski definition) is 4. The summed E-state index contributed by atoms with van der Waals surface area (Å²) in [6, 6.07) is 4.64. The molecule has 0 aromatic carbocycles. The summed E-state index contributed by atoms with van der Waals surface area (Å²) in [4.78, 5) is 6.03. The fraction of sp³-hybridized carbons (Fsp3) is 0.750. The Morgan fingerprint density at radius 3 is 2.75 bits per heavy atom. The predicted molar refractivity (Wildman–Crippen MR) is 86.2 cm³/mol. The van der Waals surface area contributed by atoms with E-state index in [1.807, 2.05) is 0 Å². The Balaban J connectivity index is 1.74. The van der Waals surface area contributed by atoms with Crippen LogP contribution in [0.15, 0.2) is 17.5 Å². The maximum absolute atomic E-state index is 10.3. The number of aliphatic hydroxyl groups is 1. The normalized spacial score (nSPS) is 21.2. The minimum absolute atomic E-state index is 0.254. The van der Waals surface area contributed by atoms with Crippen molar-refractivity contribution in [1.82, 2.24) is 9.80 Å². The second-order valence-corrected chi connectivity index (χ2v) is 7.25. The smallest absolute Gasteiger partial charge is 0.0793 e. The van der Waals surface area contributed by atoms with E-state index < -0.39 is 0 Å². The first-order valence-corrected chi connectivity index (χ1v) is 8.58. The maximum Gasteiger partial charge on any atom is 0.0793 e. The van der Waals surface area contributed by atoms with Crippen LogP contribution in [0.3, 0.4) is 0 Å². The molecular formula is C16H28N2OS. The van der Waals surface area contributed by atoms with E-state index in [4.69, 9.17) is 0 Å². The summed E-state index contributed by atoms with van der Waals surface area (Å²) in [5.74, 6) is 0.852. The number of thiophene rings is 1. The summed E-state index contributed by atoms with van der Waals surface area (Å²) < 4.78 is 0. The molecule has 2 atom stereocenters. The summed E-state index contributed by atoms with van der Waals surface area (Å²) in [6.45, 7) is 8.37. The van der Waals surface area contributed by atoms with Crippen LogP contribution in [0.25, 0.3) is 0 Å². The summed E-state index contributed by atoms with van der Waals surface area (Å²) in [6.07, 6.45) is 2.29. The largest absolute Gasteiger partial charge is 0.390 e. The fourth-order valence-corrected chi connectivity index (χ4v) is 3.69. The van der Waals surface area contributed by atoms with Crippen molar-refractivity contribution < 1.29 is 5.11 Å². The second-order valence-electron chi connectivity index (χ2n) is 6.27. The Kier molecular flexibility index (Phi) is 6.02. The molecule has 1 fully saturated rings. The van der Waals surface area contributed by atoms with Crippen molar-refractivity contribution in [2.45, 2.75) is 38.8 Å². The minimum atomic E-state index is -0.254. The molecule has 0 aliphatic carbocycles. The zero-order valence-corrected chi connectivity index (χ0v) is 13.8. The zero-order chi connectivity index (χ0) is 14.5. The molecule has 3 nitrogen and oxygen atoms in total. The first kappa shape index (κ1) is 16.0. The molecule has 0 saturated carbocycles. The third kappa shape index (κ3) is 4.55. The molecule has 4 heteroatoms. The van der Waals surface area contributed by atoms with Gasteiger partial charge >= 0.3 is 0 Å². The van der Waals surface area contributed by atoms with Crippen molar-refractivity contribution >= 4 is 11.3 Å². The van der Waals surface area contributed by atoms with E-state index in [2.05, 4.69) is 48.2 Å². The van der Waals surface area contributed by atoms with Crippen LogP contribution >= 0.6 is 11.3 Å². The highest BCUT2D eigenvalue weighted by Crippen LogP contribution is 2.23. The van der Waals surface area contributed by atoms with E-state index >= 15 is 0 Å². The fourth-order valence-electron chi connectivity index (χ4n) is 2.84. The lowest BCUT2D eigenvalue weighted by molar-refractivity contribution is 0.0593. The summed E-state index contributed by atoms with van der Waals surface area (Å²) in [7, 11) is 2.10. The number of hydrogen-bond donors (Lipinski definition) is 1. The lowest BCUT2D eigenvalue weighted by atomic mass is 9.99. The molecule has 1 aliphatic rings. The van der Waals surface area contributed by atoms with Crippen LogP contribution in [0.1, 0.15) is 37.6 Å². The highest BCUT2D eigenvalue weighted by molar-refractivity contribution is 7.10. The van der Waals surface area contributed by atoms with Crippen LogP contribution in [0.5, 0.6) is 0 Å². The van der Waals surface area contributed by atoms with E-state index in [9.17, 15) is 5.11 Å². The number of β-amino-alcohol motifs (C(OH)–C–C–N with tert-alkyl or cyclic N) is 1. The Hall–Kier alpha value is -0.420. The van der Waals surface area contributed by atoms with Crippen molar-refractivity contribution in [2.75, 3.05) is 33.2 Å². The first-order chi connectivity index (χ1) is 9.56. The van der Waals surface area contributed by atoms with Gasteiger partial charge < -0.3 is 10.0 Å². The summed E-state index contributed by atoms with van der Waals surface area (Å²) in [5.41, 5.74) is 0. The standard InChI is InChI=1S/C16H28N2OS/c1-13-6-8-18(9-7-13)12-15(19)11-17(3)14(2)16-5-4-10-20-16/h4-5,10,13-15,19H,6-9,11-12H2,1-3H3. The molecule has 1 aromatic rings. The van der Waals surface area contributed by atoms with E-state index in [0.29, 0.717) is 6.04 Å². The molecule has 114 valence electrons. The monoisotopic (exact) mass is 296 g/mol. The van der Waals surface area contributed by atoms with Gasteiger partial charge in [0.05, 0.1) is 6.10 Å². The number of piperidine rings is 1. The van der Waals surface area contributed by atoms with Gasteiger partial charge in [0.2, 0.25) is 0 Å². The van der Waals surface area contributed by atoms with Crippen LogP contribution in [0.4, 0.5) is 0 Å². The van der Waals surface area contributed by atoms with Gasteiger partial charge in [0.25, 0.3) is 0 Å². The topological polar surface area (TPSA) is 26.7 Å². The van der Waals surface area contributed by atoms with E-state index in [1.165, 1.54) is 17.7 Å². The Labute approximate surface area is 127 Å². The highest BCUT2D eigenvalue weighted by atomic mass is 32.1. The van der Waals surface area contributed by atoms with Crippen molar-refractivity contribution in [2.24, 2.45) is 5.92 Å². The Bertz CT molecular complexity index is 374. The summed E-state index contributed by atoms with van der Waals surface area (Å²) in [5, 5.41) is 12.4. The molecule has 20 heavy (non-hydrogen) atoms. The van der Waals surface area contributed by atoms with Crippen LogP contribution in [-0.2, 0) is 0 Å². The van der Waals surface area contributed by atoms with Gasteiger partial charge in [0.15, 0.2) is 0 Å². The average molecular weight is 296 g/mol. The molecule has 0 amide bonds. The first-order valence-electron chi connectivity index (χ1n) is 7.70. The summed E-state index contributed by atoms with van der Waals surface area (Å²) >= 11 is 1.79. The van der Waals surface area contributed by atoms with Gasteiger partial charge in [-0.05, 0) is 57.3 Å². The van der Waals surface area contributed by atoms with Crippen molar-refractivity contribution in [1.29, 1.82) is 0 Å². The molecule has 1 saturated heterocycles. The molecule has 2 rings (SSSR count). The van der Waals surface area contributed by atoms with E-state index in [0.717, 1.165) is 32.1 Å². The van der Waals surface area contributed by atoms with Crippen LogP contribution in [0.2, 0.25) is 0 Å². The molecule has 2 heterocycles. The molecule has 1 aromatic heterocycles. The number of rotatable bonds is 6. The third-order valence-electron chi connectivity index (χ3n) is 4.46. The van der Waals surface area contributed by atoms with Crippen LogP contribution in [0, 0.1) is 5.92 Å². The highest BCUT2D eigenvalue weighted by Gasteiger charge is 2.21. The van der Waals surface area contributed by atoms with Crippen LogP contribution < -0.4 is 0 Å². The molecule has 0 spiro atoms. The van der Waals surface area contributed by atoms with E-state index in [-0.39, 0.29) is 6.10 Å². The van der Waals surface area contributed by atoms with Gasteiger partial charge in [-0.2, -0.15) is 0 Å². The van der Waals surface area contributed by atoms with Gasteiger partial charge in [-0.3, -0.25) is 4.90 Å². The molecular weight excluding hydrogens is 268 g/mol. The number of likely N-dealkylation sites (N-methyl/N-ethyl adjacent to an activating group) is 1. The number of aliphatic hydroxyl groups excluding tert-OH is 1. The van der Waals surface area contributed by atoms with E-state index in [1.54, 1.807) is 11.3 Å². The maximum atomic E-state index is 10.3. The Morgan fingerprint density at radius 2 is 2.15 bits per heavy atom. The molecule has 1 N–H and O–H groups in total. The van der Waals surface area contributed by atoms with Crippen molar-refractivity contribution in [3.8, 4) is 0 Å². The third-order valence-corrected chi connectivity index (χ3v) is 5.50. The average Bonchev–Trinajstić information content (AvgIpc) is 2.94. The lowest BCUT2D eigenvalue weighted by Crippen LogP contribution is -2.42. The minimum Gasteiger partial charge on any atom is -0.390 e. The number of likely N-dealkylation sites (tertiary alicyclic amines) is 1. The molecule has 1 aliphatic heterocycles. The lowest BCUT2D eigenvalue weighted by Gasteiger charge is -2.33. The number of nitrogens with zero attached hydrogens (tertiary/aromatic N) is 2. The zero-order valence-electron chi connectivity index (χ0n) is 13.0. The molecule has 2 unspecified atom stereocenters. The van der Waals surface area contributed by atoms with Crippen LogP contribution in [-0.4, -0.2) is 54.2 Å². The van der Waals surface area contributed by atoms with Gasteiger partial charge in [-0.1, -0.05) is 13.0 Å². The quantitative estimate of drug-likeness (QED) is 0.874. The van der Waals surface area contributed by atoms with Crippen molar-refractivity contribution in [3.05, 3.63) is 22.4 Å². The predicted octanol–water partition coefficient (Wildman–Crippen LogP) is 2.83. The van der Waals surface area contributed by atoms with Gasteiger partial charge in [0, 0.05) is 24.0 Å². The molecule has 0 bridgehead atoms. The molecule has 0 radical (unpaired) electrons. The van der Waals surface area contributed by atoms with Gasteiger partial charge in [-0.25, -0.2) is 0 Å². The van der Waals surface area contributed by atoms with Crippen molar-refractivity contribution in [3.63, 3.8) is 0 Å². The SMILES string of the molecule is CC1CCN(CC(O)CN(C)C(C)c2cccs2)CC1. The van der Waals surface area contributed by atoms with Gasteiger partial charge in [0.1, 0.15) is 0 Å². The van der Waals surface area contributed by atoms with Gasteiger partial charge in [-0.15, -0.1) is 11.3 Å².